The fourth-order valence-electron chi connectivity index (χ4n) is 6.06. The molecule has 6 aromatic rings. The lowest BCUT2D eigenvalue weighted by atomic mass is 9.72. The minimum atomic E-state index is -0.132. The standard InChI is InChI=1S/C37H29N/c1-37(2)33-17-8-9-18-35(33)38(30-22-19-27(20-23-30)26-11-4-3-5-12-26)36-24-21-29(25-34(36)37)32-16-10-14-28-13-6-7-15-31(28)32/h3-25H,1-2H3. The molecule has 0 aromatic heterocycles. The fraction of sp³-hybridized carbons (Fsp3) is 0.0811. The van der Waals surface area contributed by atoms with Crippen molar-refractivity contribution >= 4 is 27.8 Å². The van der Waals surface area contributed by atoms with Gasteiger partial charge in [0.1, 0.15) is 0 Å². The molecule has 0 fully saturated rings. The van der Waals surface area contributed by atoms with Gasteiger partial charge in [-0.3, -0.25) is 0 Å². The summed E-state index contributed by atoms with van der Waals surface area (Å²) in [6, 6.07) is 50.7. The van der Waals surface area contributed by atoms with Gasteiger partial charge in [0, 0.05) is 11.1 Å². The highest BCUT2D eigenvalue weighted by Crippen LogP contribution is 2.52. The zero-order valence-electron chi connectivity index (χ0n) is 21.7. The highest BCUT2D eigenvalue weighted by atomic mass is 15.2. The van der Waals surface area contributed by atoms with Gasteiger partial charge < -0.3 is 4.90 Å². The summed E-state index contributed by atoms with van der Waals surface area (Å²) in [5.41, 5.74) is 11.2. The van der Waals surface area contributed by atoms with Crippen molar-refractivity contribution in [3.63, 3.8) is 0 Å². The van der Waals surface area contributed by atoms with Gasteiger partial charge in [0.25, 0.3) is 0 Å². The minimum Gasteiger partial charge on any atom is -0.310 e. The van der Waals surface area contributed by atoms with Crippen LogP contribution in [0.2, 0.25) is 0 Å². The van der Waals surface area contributed by atoms with E-state index in [-0.39, 0.29) is 5.41 Å². The summed E-state index contributed by atoms with van der Waals surface area (Å²) in [6.45, 7) is 4.71. The lowest BCUT2D eigenvalue weighted by molar-refractivity contribution is 0.632. The third kappa shape index (κ3) is 3.55. The molecule has 38 heavy (non-hydrogen) atoms. The van der Waals surface area contributed by atoms with Gasteiger partial charge in [-0.15, -0.1) is 0 Å². The zero-order valence-corrected chi connectivity index (χ0v) is 21.7. The van der Waals surface area contributed by atoms with Crippen LogP contribution in [0, 0.1) is 0 Å². The van der Waals surface area contributed by atoms with Gasteiger partial charge in [-0.25, -0.2) is 0 Å². The van der Waals surface area contributed by atoms with E-state index in [1.165, 1.54) is 61.2 Å². The van der Waals surface area contributed by atoms with Crippen LogP contribution in [0.1, 0.15) is 25.0 Å². The lowest BCUT2D eigenvalue weighted by Gasteiger charge is -2.42. The Balaban J connectivity index is 1.40. The number of rotatable bonds is 3. The molecule has 0 amide bonds. The third-order valence-corrected chi connectivity index (χ3v) is 8.06. The predicted molar refractivity (Wildman–Crippen MR) is 162 cm³/mol. The van der Waals surface area contributed by atoms with Gasteiger partial charge in [0.05, 0.1) is 11.4 Å². The van der Waals surface area contributed by atoms with Gasteiger partial charge in [-0.05, 0) is 74.5 Å². The molecule has 0 spiro atoms. The van der Waals surface area contributed by atoms with Crippen molar-refractivity contribution in [1.29, 1.82) is 0 Å². The van der Waals surface area contributed by atoms with E-state index in [2.05, 4.69) is 158 Å². The molecule has 1 heterocycles. The van der Waals surface area contributed by atoms with Gasteiger partial charge in [-0.1, -0.05) is 123 Å². The maximum absolute atomic E-state index is 2.43. The topological polar surface area (TPSA) is 3.24 Å². The van der Waals surface area contributed by atoms with E-state index in [0.29, 0.717) is 0 Å². The summed E-state index contributed by atoms with van der Waals surface area (Å²) >= 11 is 0. The molecule has 0 bridgehead atoms. The summed E-state index contributed by atoms with van der Waals surface area (Å²) < 4.78 is 0. The summed E-state index contributed by atoms with van der Waals surface area (Å²) in [5, 5.41) is 2.56. The van der Waals surface area contributed by atoms with E-state index in [1.54, 1.807) is 0 Å². The van der Waals surface area contributed by atoms with Crippen molar-refractivity contribution in [3.8, 4) is 22.3 Å². The van der Waals surface area contributed by atoms with Gasteiger partial charge >= 0.3 is 0 Å². The smallest absolute Gasteiger partial charge is 0.0503 e. The molecule has 1 aliphatic rings. The maximum atomic E-state index is 2.43. The maximum Gasteiger partial charge on any atom is 0.0503 e. The van der Waals surface area contributed by atoms with Crippen LogP contribution >= 0.6 is 0 Å². The van der Waals surface area contributed by atoms with Crippen LogP contribution in [0.4, 0.5) is 17.1 Å². The Morgan fingerprint density at radius 1 is 0.474 bits per heavy atom. The molecule has 0 atom stereocenters. The first-order valence-corrected chi connectivity index (χ1v) is 13.3. The first-order chi connectivity index (χ1) is 18.6. The number of para-hydroxylation sites is 1. The van der Waals surface area contributed by atoms with E-state index in [1.807, 2.05) is 0 Å². The Morgan fingerprint density at radius 3 is 1.95 bits per heavy atom. The molecule has 1 heteroatoms. The SMILES string of the molecule is CC1(C)c2ccccc2N(c2ccc(-c3ccccc3)cc2)c2ccc(-c3cccc4ccccc34)cc21. The molecule has 1 nitrogen and oxygen atoms in total. The average Bonchev–Trinajstić information content (AvgIpc) is 2.98. The first kappa shape index (κ1) is 22.6. The monoisotopic (exact) mass is 487 g/mol. The van der Waals surface area contributed by atoms with E-state index in [0.717, 1.165) is 0 Å². The molecule has 7 rings (SSSR count). The quantitative estimate of drug-likeness (QED) is 0.240. The second-order valence-corrected chi connectivity index (χ2v) is 10.6. The molecule has 1 aliphatic heterocycles. The van der Waals surface area contributed by atoms with Crippen LogP contribution in [0.5, 0.6) is 0 Å². The van der Waals surface area contributed by atoms with E-state index >= 15 is 0 Å². The largest absolute Gasteiger partial charge is 0.310 e. The van der Waals surface area contributed by atoms with E-state index in [4.69, 9.17) is 0 Å². The van der Waals surface area contributed by atoms with Crippen molar-refractivity contribution in [2.45, 2.75) is 19.3 Å². The molecule has 182 valence electrons. The summed E-state index contributed by atoms with van der Waals surface area (Å²) in [5.74, 6) is 0. The number of fused-ring (bicyclic) bond motifs is 3. The molecule has 0 N–H and O–H groups in total. The highest BCUT2D eigenvalue weighted by Gasteiger charge is 2.37. The van der Waals surface area contributed by atoms with Crippen molar-refractivity contribution in [1.82, 2.24) is 0 Å². The van der Waals surface area contributed by atoms with Crippen molar-refractivity contribution in [2.75, 3.05) is 4.90 Å². The lowest BCUT2D eigenvalue weighted by Crippen LogP contribution is -2.30. The van der Waals surface area contributed by atoms with E-state index < -0.39 is 0 Å². The van der Waals surface area contributed by atoms with Crippen LogP contribution in [0.3, 0.4) is 0 Å². The fourth-order valence-corrected chi connectivity index (χ4v) is 6.06. The Labute approximate surface area is 224 Å². The zero-order chi connectivity index (χ0) is 25.7. The Hall–Kier alpha value is -4.62. The molecule has 0 saturated heterocycles. The van der Waals surface area contributed by atoms with Crippen LogP contribution in [0.15, 0.2) is 140 Å². The normalized spacial score (nSPS) is 13.7. The second kappa shape index (κ2) is 8.75. The van der Waals surface area contributed by atoms with Gasteiger partial charge in [-0.2, -0.15) is 0 Å². The Bertz CT molecular complexity index is 1770. The van der Waals surface area contributed by atoms with Gasteiger partial charge in [0.15, 0.2) is 0 Å². The molecular weight excluding hydrogens is 458 g/mol. The number of hydrogen-bond acceptors (Lipinski definition) is 1. The molecule has 0 radical (unpaired) electrons. The average molecular weight is 488 g/mol. The number of hydrogen-bond donors (Lipinski definition) is 0. The highest BCUT2D eigenvalue weighted by molar-refractivity contribution is 5.98. The molecule has 0 aliphatic carbocycles. The van der Waals surface area contributed by atoms with Crippen molar-refractivity contribution in [2.24, 2.45) is 0 Å². The van der Waals surface area contributed by atoms with Crippen LogP contribution in [0.25, 0.3) is 33.0 Å². The summed E-state index contributed by atoms with van der Waals surface area (Å²) in [6.07, 6.45) is 0. The number of nitrogens with zero attached hydrogens (tertiary/aromatic N) is 1. The third-order valence-electron chi connectivity index (χ3n) is 8.06. The molecule has 0 saturated carbocycles. The first-order valence-electron chi connectivity index (χ1n) is 13.3. The van der Waals surface area contributed by atoms with Crippen molar-refractivity contribution in [3.05, 3.63) is 151 Å². The minimum absolute atomic E-state index is 0.132. The predicted octanol–water partition coefficient (Wildman–Crippen LogP) is 10.3. The van der Waals surface area contributed by atoms with Crippen LogP contribution in [-0.2, 0) is 5.41 Å². The summed E-state index contributed by atoms with van der Waals surface area (Å²) in [4.78, 5) is 2.43. The summed E-state index contributed by atoms with van der Waals surface area (Å²) in [7, 11) is 0. The molecule has 0 unspecified atom stereocenters. The van der Waals surface area contributed by atoms with Crippen LogP contribution < -0.4 is 4.90 Å². The molecule has 6 aromatic carbocycles. The van der Waals surface area contributed by atoms with Gasteiger partial charge in [0.2, 0.25) is 0 Å². The number of anilines is 3. The number of benzene rings is 6. The van der Waals surface area contributed by atoms with Crippen molar-refractivity contribution < 1.29 is 0 Å². The Morgan fingerprint density at radius 2 is 1.11 bits per heavy atom. The van der Waals surface area contributed by atoms with Crippen LogP contribution in [-0.4, -0.2) is 0 Å². The second-order valence-electron chi connectivity index (χ2n) is 10.6. The van der Waals surface area contributed by atoms with E-state index in [9.17, 15) is 0 Å². The molecular formula is C37H29N. The Kier molecular flexibility index (Phi) is 5.19.